The second kappa shape index (κ2) is 10.4. The average Bonchev–Trinajstić information content (AvgIpc) is 2.50. The minimum atomic E-state index is -1.22. The summed E-state index contributed by atoms with van der Waals surface area (Å²) in [4.78, 5) is 34.3. The summed E-state index contributed by atoms with van der Waals surface area (Å²) in [5.41, 5.74) is 0. The number of esters is 2. The molecule has 1 aliphatic heterocycles. The van der Waals surface area contributed by atoms with Crippen molar-refractivity contribution >= 4 is 17.8 Å². The predicted molar refractivity (Wildman–Crippen MR) is 86.6 cm³/mol. The maximum atomic E-state index is 11.6. The lowest BCUT2D eigenvalue weighted by Crippen LogP contribution is -2.66. The number of aliphatic hydroxyl groups is 1. The first-order valence-corrected chi connectivity index (χ1v) is 8.34. The maximum Gasteiger partial charge on any atom is 0.303 e. The van der Waals surface area contributed by atoms with Gasteiger partial charge in [-0.25, -0.2) is 0 Å². The molecule has 1 amide bonds. The number of aliphatic hydroxyl groups excluding tert-OH is 1. The minimum absolute atomic E-state index is 0.219. The Bertz CT molecular complexity index is 496. The lowest BCUT2D eigenvalue weighted by molar-refractivity contribution is -0.296. The number of rotatable bonds is 8. The fraction of sp³-hybridized carbons (Fsp3) is 0.812. The van der Waals surface area contributed by atoms with Crippen LogP contribution in [0.4, 0.5) is 0 Å². The van der Waals surface area contributed by atoms with Gasteiger partial charge in [0, 0.05) is 27.4 Å². The molecule has 1 unspecified atom stereocenters. The molecule has 0 aliphatic carbocycles. The number of ether oxygens (including phenoxy) is 5. The SMILES string of the molecule is CCO[C@@H]1O[C@H](COC(C)=O)[C@H](OC(C)=O)[C@H](OC(C)O)[C@H]1NC(C)=O. The van der Waals surface area contributed by atoms with Crippen LogP contribution in [0.5, 0.6) is 0 Å². The van der Waals surface area contributed by atoms with E-state index in [9.17, 15) is 19.5 Å². The molecule has 0 radical (unpaired) electrons. The van der Waals surface area contributed by atoms with Crippen molar-refractivity contribution in [1.82, 2.24) is 5.32 Å². The Morgan fingerprint density at radius 2 is 1.81 bits per heavy atom. The van der Waals surface area contributed by atoms with E-state index < -0.39 is 48.9 Å². The fourth-order valence-electron chi connectivity index (χ4n) is 2.65. The van der Waals surface area contributed by atoms with Crippen LogP contribution in [0.2, 0.25) is 0 Å². The molecule has 1 heterocycles. The van der Waals surface area contributed by atoms with Crippen LogP contribution in [-0.4, -0.2) is 73.1 Å². The molecule has 1 rings (SSSR count). The highest BCUT2D eigenvalue weighted by Gasteiger charge is 2.50. The van der Waals surface area contributed by atoms with Gasteiger partial charge >= 0.3 is 11.9 Å². The average molecular weight is 377 g/mol. The Balaban J connectivity index is 3.20. The molecule has 1 fully saturated rings. The molecule has 10 nitrogen and oxygen atoms in total. The smallest absolute Gasteiger partial charge is 0.303 e. The second-order valence-corrected chi connectivity index (χ2v) is 5.80. The monoisotopic (exact) mass is 377 g/mol. The van der Waals surface area contributed by atoms with Gasteiger partial charge in [0.05, 0.1) is 0 Å². The van der Waals surface area contributed by atoms with E-state index in [2.05, 4.69) is 5.32 Å². The molecule has 0 spiro atoms. The summed E-state index contributed by atoms with van der Waals surface area (Å²) >= 11 is 0. The third kappa shape index (κ3) is 6.87. The Labute approximate surface area is 152 Å². The van der Waals surface area contributed by atoms with Crippen molar-refractivity contribution in [2.75, 3.05) is 13.2 Å². The van der Waals surface area contributed by atoms with Crippen LogP contribution < -0.4 is 5.32 Å². The summed E-state index contributed by atoms with van der Waals surface area (Å²) in [5, 5.41) is 12.3. The highest BCUT2D eigenvalue weighted by molar-refractivity contribution is 5.73. The molecular weight excluding hydrogens is 350 g/mol. The molecule has 26 heavy (non-hydrogen) atoms. The lowest BCUT2D eigenvalue weighted by atomic mass is 9.96. The fourth-order valence-corrected chi connectivity index (χ4v) is 2.65. The summed E-state index contributed by atoms with van der Waals surface area (Å²) in [6.45, 7) is 6.88. The largest absolute Gasteiger partial charge is 0.463 e. The van der Waals surface area contributed by atoms with Crippen molar-refractivity contribution in [1.29, 1.82) is 0 Å². The van der Waals surface area contributed by atoms with Crippen LogP contribution in [0.1, 0.15) is 34.6 Å². The Morgan fingerprint density at radius 1 is 1.15 bits per heavy atom. The van der Waals surface area contributed by atoms with E-state index in [0.717, 1.165) is 0 Å². The number of carbonyl (C=O) groups excluding carboxylic acids is 3. The molecule has 1 saturated heterocycles. The summed E-state index contributed by atoms with van der Waals surface area (Å²) in [7, 11) is 0. The third-order valence-electron chi connectivity index (χ3n) is 3.45. The van der Waals surface area contributed by atoms with Crippen LogP contribution in [-0.2, 0) is 38.1 Å². The summed E-state index contributed by atoms with van der Waals surface area (Å²) in [6, 6.07) is -0.861. The van der Waals surface area contributed by atoms with Crippen molar-refractivity contribution in [3.63, 3.8) is 0 Å². The first-order valence-electron chi connectivity index (χ1n) is 8.34. The summed E-state index contributed by atoms with van der Waals surface area (Å²) < 4.78 is 27.0. The van der Waals surface area contributed by atoms with Gasteiger partial charge in [-0.05, 0) is 13.8 Å². The van der Waals surface area contributed by atoms with Crippen molar-refractivity contribution in [3.05, 3.63) is 0 Å². The normalized spacial score (nSPS) is 29.5. The number of amides is 1. The molecule has 0 aromatic carbocycles. The van der Waals surface area contributed by atoms with E-state index in [4.69, 9.17) is 23.7 Å². The van der Waals surface area contributed by atoms with Crippen molar-refractivity contribution < 1.29 is 43.2 Å². The standard InChI is InChI=1S/C16H27NO9/c1-6-22-16-13(17-8(2)18)15(25-11(5)21)14(24-10(4)20)12(26-16)7-23-9(3)19/h11-16,21H,6-7H2,1-5H3,(H,17,18)/t11?,12-,13-,14+,15-,16-/m1/s1. The van der Waals surface area contributed by atoms with Crippen LogP contribution in [0.25, 0.3) is 0 Å². The van der Waals surface area contributed by atoms with Gasteiger partial charge in [0.2, 0.25) is 5.91 Å². The molecule has 0 bridgehead atoms. The van der Waals surface area contributed by atoms with Gasteiger partial charge in [-0.1, -0.05) is 0 Å². The van der Waals surface area contributed by atoms with Gasteiger partial charge in [0.15, 0.2) is 18.7 Å². The van der Waals surface area contributed by atoms with Gasteiger partial charge < -0.3 is 34.1 Å². The first kappa shape index (κ1) is 22.3. The van der Waals surface area contributed by atoms with Crippen molar-refractivity contribution in [2.45, 2.75) is 71.6 Å². The third-order valence-corrected chi connectivity index (χ3v) is 3.45. The topological polar surface area (TPSA) is 130 Å². The zero-order valence-corrected chi connectivity index (χ0v) is 15.6. The van der Waals surface area contributed by atoms with Crippen LogP contribution >= 0.6 is 0 Å². The minimum Gasteiger partial charge on any atom is -0.463 e. The maximum absolute atomic E-state index is 11.6. The summed E-state index contributed by atoms with van der Waals surface area (Å²) in [6.07, 6.45) is -5.12. The van der Waals surface area contributed by atoms with Crippen molar-refractivity contribution in [2.24, 2.45) is 0 Å². The Morgan fingerprint density at radius 3 is 2.27 bits per heavy atom. The van der Waals surface area contributed by atoms with Gasteiger partial charge in [-0.15, -0.1) is 0 Å². The van der Waals surface area contributed by atoms with E-state index in [1.807, 2.05) is 0 Å². The molecule has 0 aromatic rings. The van der Waals surface area contributed by atoms with E-state index in [0.29, 0.717) is 0 Å². The summed E-state index contributed by atoms with van der Waals surface area (Å²) in [5.74, 6) is -1.55. The van der Waals surface area contributed by atoms with Gasteiger partial charge in [-0.3, -0.25) is 14.4 Å². The molecule has 6 atom stereocenters. The second-order valence-electron chi connectivity index (χ2n) is 5.80. The van der Waals surface area contributed by atoms with Crippen LogP contribution in [0, 0.1) is 0 Å². The quantitative estimate of drug-likeness (QED) is 0.423. The zero-order valence-electron chi connectivity index (χ0n) is 15.6. The molecule has 1 aliphatic rings. The van der Waals surface area contributed by atoms with Gasteiger partial charge in [0.25, 0.3) is 0 Å². The van der Waals surface area contributed by atoms with Crippen LogP contribution in [0.15, 0.2) is 0 Å². The number of nitrogens with one attached hydrogen (secondary N) is 1. The van der Waals surface area contributed by atoms with E-state index in [1.54, 1.807) is 6.92 Å². The van der Waals surface area contributed by atoms with Gasteiger partial charge in [-0.2, -0.15) is 0 Å². The Kier molecular flexibility index (Phi) is 8.93. The lowest BCUT2D eigenvalue weighted by Gasteiger charge is -2.45. The highest BCUT2D eigenvalue weighted by Crippen LogP contribution is 2.28. The zero-order chi connectivity index (χ0) is 19.9. The number of hydrogen-bond donors (Lipinski definition) is 2. The first-order chi connectivity index (χ1) is 12.1. The molecule has 0 saturated carbocycles. The molecule has 2 N–H and O–H groups in total. The molecule has 10 heteroatoms. The Hall–Kier alpha value is -1.75. The van der Waals surface area contributed by atoms with E-state index in [-0.39, 0.29) is 19.1 Å². The number of hydrogen-bond acceptors (Lipinski definition) is 9. The molecule has 0 aromatic heterocycles. The molecular formula is C16H27NO9. The number of carbonyl (C=O) groups is 3. The van der Waals surface area contributed by atoms with E-state index in [1.165, 1.54) is 27.7 Å². The van der Waals surface area contributed by atoms with Crippen LogP contribution in [0.3, 0.4) is 0 Å². The highest BCUT2D eigenvalue weighted by atomic mass is 16.7. The van der Waals surface area contributed by atoms with E-state index >= 15 is 0 Å². The van der Waals surface area contributed by atoms with Crippen molar-refractivity contribution in [3.8, 4) is 0 Å². The van der Waals surface area contributed by atoms with Gasteiger partial charge in [0.1, 0.15) is 24.9 Å². The predicted octanol–water partition coefficient (Wildman–Crippen LogP) is -0.529. The molecule has 150 valence electrons.